The van der Waals surface area contributed by atoms with Crippen LogP contribution in [0.5, 0.6) is 0 Å². The first-order valence-corrected chi connectivity index (χ1v) is 4.79. The summed E-state index contributed by atoms with van der Waals surface area (Å²) in [6.07, 6.45) is 5.47. The summed E-state index contributed by atoms with van der Waals surface area (Å²) in [6, 6.07) is 7.51. The minimum atomic E-state index is 0. The van der Waals surface area contributed by atoms with E-state index in [0.717, 1.165) is 6.42 Å². The van der Waals surface area contributed by atoms with Crippen LogP contribution in [0.2, 0.25) is 0 Å². The molecule has 85 valence electrons. The van der Waals surface area contributed by atoms with Crippen LogP contribution in [0.25, 0.3) is 6.08 Å². The largest absolute Gasteiger partial charge is 3.00 e. The van der Waals surface area contributed by atoms with Gasteiger partial charge < -0.3 is 24.8 Å². The maximum Gasteiger partial charge on any atom is 3.00 e. The van der Waals surface area contributed by atoms with Gasteiger partial charge >= 0.3 is 26.2 Å². The molecular weight excluding hydrogens is 318 g/mol. The average molecular weight is 333 g/mol. The summed E-state index contributed by atoms with van der Waals surface area (Å²) in [4.78, 5) is 0. The van der Waals surface area contributed by atoms with Crippen LogP contribution in [0.1, 0.15) is 37.5 Å². The zero-order valence-corrected chi connectivity index (χ0v) is 13.7. The summed E-state index contributed by atoms with van der Waals surface area (Å²) in [6.45, 7) is 6.79. The van der Waals surface area contributed by atoms with E-state index >= 15 is 0 Å². The van der Waals surface area contributed by atoms with Crippen molar-refractivity contribution in [3.05, 3.63) is 41.0 Å². The van der Waals surface area contributed by atoms with E-state index in [1.54, 1.807) is 0 Å². The predicted molar refractivity (Wildman–Crippen MR) is 56.7 cm³/mol. The molecule has 0 aliphatic heterocycles. The van der Waals surface area contributed by atoms with Gasteiger partial charge in [0.15, 0.2) is 0 Å². The molecule has 2 rings (SSSR count). The summed E-state index contributed by atoms with van der Waals surface area (Å²) in [5.74, 6) is 0. The Kier molecular flexibility index (Phi) is 8.21. The number of hydrogen-bond acceptors (Lipinski definition) is 0. The molecule has 1 aromatic rings. The number of hydrogen-bond donors (Lipinski definition) is 0. The van der Waals surface area contributed by atoms with Crippen LogP contribution in [0.3, 0.4) is 0 Å². The molecular formula is C13H15Cl2Zr. The third kappa shape index (κ3) is 3.72. The third-order valence-corrected chi connectivity index (χ3v) is 2.55. The van der Waals surface area contributed by atoms with Gasteiger partial charge in [0.05, 0.1) is 0 Å². The van der Waals surface area contributed by atoms with Crippen molar-refractivity contribution in [2.24, 2.45) is 0 Å². The molecule has 0 atom stereocenters. The van der Waals surface area contributed by atoms with Gasteiger partial charge in [0.1, 0.15) is 0 Å². The zero-order valence-electron chi connectivity index (χ0n) is 9.77. The molecule has 0 bridgehead atoms. The molecule has 3 heteroatoms. The van der Waals surface area contributed by atoms with E-state index in [0.29, 0.717) is 0 Å². The van der Waals surface area contributed by atoms with E-state index in [1.165, 1.54) is 16.7 Å². The normalized spacial score (nSPS) is 11.9. The molecule has 0 N–H and O–H groups in total. The Morgan fingerprint density at radius 2 is 1.81 bits per heavy atom. The van der Waals surface area contributed by atoms with Gasteiger partial charge in [0.2, 0.25) is 0 Å². The molecule has 0 amide bonds. The molecule has 0 nitrogen and oxygen atoms in total. The van der Waals surface area contributed by atoms with Crippen LogP contribution in [0.15, 0.2) is 18.2 Å². The molecule has 0 heterocycles. The van der Waals surface area contributed by atoms with Crippen molar-refractivity contribution in [3.8, 4) is 0 Å². The molecule has 0 spiro atoms. The van der Waals surface area contributed by atoms with Crippen LogP contribution in [0, 0.1) is 6.07 Å². The fraction of sp³-hybridized carbons (Fsp3) is 0.385. The molecule has 1 radical (unpaired) electrons. The molecule has 0 fully saturated rings. The second-order valence-electron chi connectivity index (χ2n) is 4.64. The van der Waals surface area contributed by atoms with Crippen LogP contribution in [0.4, 0.5) is 0 Å². The summed E-state index contributed by atoms with van der Waals surface area (Å²) in [7, 11) is 0. The number of benzene rings is 1. The third-order valence-electron chi connectivity index (χ3n) is 2.55. The summed E-state index contributed by atoms with van der Waals surface area (Å²) in [5, 5.41) is 0. The Morgan fingerprint density at radius 1 is 1.19 bits per heavy atom. The standard InChI is InChI=1S/C13H15.2ClH.Zr/c1-13(2,3)12-9-5-7-10-6-4-8-11(10)12;;;/h4-6,9H,8H2,1-3H3;2*1H;/q-1;;;+3/p-2. The van der Waals surface area contributed by atoms with Gasteiger partial charge in [-0.1, -0.05) is 27.2 Å². The van der Waals surface area contributed by atoms with E-state index in [2.05, 4.69) is 45.1 Å². The SMILES string of the molecule is CC(C)(C)c1cc[c-]c2c1CC=C2.[Cl-].[Cl-].[Zr+3]. The Hall–Kier alpha value is 0.423. The summed E-state index contributed by atoms with van der Waals surface area (Å²) in [5.41, 5.74) is 4.47. The Balaban J connectivity index is 0. The van der Waals surface area contributed by atoms with E-state index in [-0.39, 0.29) is 56.4 Å². The van der Waals surface area contributed by atoms with Crippen LogP contribution in [-0.2, 0) is 38.0 Å². The summed E-state index contributed by atoms with van der Waals surface area (Å²) >= 11 is 0. The van der Waals surface area contributed by atoms with E-state index in [1.807, 2.05) is 6.07 Å². The van der Waals surface area contributed by atoms with Crippen molar-refractivity contribution in [3.63, 3.8) is 0 Å². The quantitative estimate of drug-likeness (QED) is 0.456. The van der Waals surface area contributed by atoms with Gasteiger partial charge in [0.25, 0.3) is 0 Å². The number of fused-ring (bicyclic) bond motifs is 1. The molecule has 1 aliphatic carbocycles. The van der Waals surface area contributed by atoms with E-state index in [9.17, 15) is 0 Å². The van der Waals surface area contributed by atoms with Crippen molar-refractivity contribution in [2.75, 3.05) is 0 Å². The summed E-state index contributed by atoms with van der Waals surface area (Å²) < 4.78 is 0. The maximum atomic E-state index is 3.27. The van der Waals surface area contributed by atoms with E-state index in [4.69, 9.17) is 0 Å². The molecule has 0 saturated carbocycles. The minimum absolute atomic E-state index is 0. The monoisotopic (exact) mass is 331 g/mol. The van der Waals surface area contributed by atoms with Gasteiger partial charge in [-0.05, 0) is 5.41 Å². The molecule has 1 aromatic carbocycles. The van der Waals surface area contributed by atoms with Crippen LogP contribution in [-0.4, -0.2) is 0 Å². The molecule has 16 heavy (non-hydrogen) atoms. The smallest absolute Gasteiger partial charge is 1.00 e. The van der Waals surface area contributed by atoms with Crippen LogP contribution >= 0.6 is 0 Å². The van der Waals surface area contributed by atoms with Crippen molar-refractivity contribution in [2.45, 2.75) is 32.6 Å². The van der Waals surface area contributed by atoms with Gasteiger partial charge in [-0.2, -0.15) is 0 Å². The molecule has 0 unspecified atom stereocenters. The Bertz CT molecular complexity index is 365. The second kappa shape index (κ2) is 6.99. The first kappa shape index (κ1) is 18.8. The maximum absolute atomic E-state index is 3.27. The van der Waals surface area contributed by atoms with Crippen molar-refractivity contribution in [1.82, 2.24) is 0 Å². The molecule has 1 aliphatic rings. The number of halogens is 2. The molecule has 0 saturated heterocycles. The van der Waals surface area contributed by atoms with Crippen molar-refractivity contribution < 1.29 is 51.0 Å². The van der Waals surface area contributed by atoms with Gasteiger partial charge in [-0.3, -0.25) is 0 Å². The zero-order chi connectivity index (χ0) is 9.47. The predicted octanol–water partition coefficient (Wildman–Crippen LogP) is -2.64. The van der Waals surface area contributed by atoms with Gasteiger partial charge in [0, 0.05) is 0 Å². The molecule has 0 aromatic heterocycles. The number of allylic oxidation sites excluding steroid dienone is 1. The van der Waals surface area contributed by atoms with Crippen LogP contribution < -0.4 is 24.8 Å². The number of rotatable bonds is 0. The van der Waals surface area contributed by atoms with Gasteiger partial charge in [-0.25, -0.2) is 0 Å². The van der Waals surface area contributed by atoms with E-state index < -0.39 is 0 Å². The minimum Gasteiger partial charge on any atom is -1.00 e. The topological polar surface area (TPSA) is 0 Å². The van der Waals surface area contributed by atoms with Gasteiger partial charge in [-0.15, -0.1) is 47.0 Å². The second-order valence-corrected chi connectivity index (χ2v) is 4.64. The van der Waals surface area contributed by atoms with Crippen molar-refractivity contribution in [1.29, 1.82) is 0 Å². The Morgan fingerprint density at radius 3 is 2.38 bits per heavy atom. The average Bonchev–Trinajstić information content (AvgIpc) is 2.48. The van der Waals surface area contributed by atoms with Crippen molar-refractivity contribution >= 4 is 6.08 Å². The first-order chi connectivity index (χ1) is 6.09. The fourth-order valence-corrected chi connectivity index (χ4v) is 1.91. The fourth-order valence-electron chi connectivity index (χ4n) is 1.91. The first-order valence-electron chi connectivity index (χ1n) is 4.79. The Labute approximate surface area is 130 Å².